The number of hydrogen-bond acceptors (Lipinski definition) is 5. The normalized spacial score (nSPS) is 23.9. The van der Waals surface area contributed by atoms with Gasteiger partial charge in [-0.25, -0.2) is 8.42 Å². The lowest BCUT2D eigenvalue weighted by Crippen LogP contribution is -2.45. The van der Waals surface area contributed by atoms with E-state index in [1.54, 1.807) is 41.2 Å². The standard InChI is InChI=1S/C19H27N3O5S/c1-4-20-12-19(11-17(20)23)13-21(9-10-22(14-19)28(3,25)26)18(24)15-5-7-16(27-2)8-6-15/h5-8H,4,9-14H2,1-3H3. The summed E-state index contributed by atoms with van der Waals surface area (Å²) in [5.74, 6) is 0.501. The Balaban J connectivity index is 1.90. The summed E-state index contributed by atoms with van der Waals surface area (Å²) in [7, 11) is -1.87. The molecule has 2 aliphatic heterocycles. The summed E-state index contributed by atoms with van der Waals surface area (Å²) in [5, 5.41) is 0. The molecule has 3 rings (SSSR count). The lowest BCUT2D eigenvalue weighted by atomic mass is 9.86. The number of rotatable bonds is 4. The van der Waals surface area contributed by atoms with Gasteiger partial charge in [-0.2, -0.15) is 4.31 Å². The van der Waals surface area contributed by atoms with Gasteiger partial charge in [-0.05, 0) is 31.2 Å². The second-order valence-corrected chi connectivity index (χ2v) is 9.62. The number of likely N-dealkylation sites (tertiary alicyclic amines) is 1. The minimum atomic E-state index is -3.43. The first-order chi connectivity index (χ1) is 13.2. The van der Waals surface area contributed by atoms with Crippen molar-refractivity contribution in [2.24, 2.45) is 5.41 Å². The first-order valence-corrected chi connectivity index (χ1v) is 11.2. The van der Waals surface area contributed by atoms with Crippen molar-refractivity contribution in [3.05, 3.63) is 29.8 Å². The number of nitrogens with zero attached hydrogens (tertiary/aromatic N) is 3. The number of carbonyl (C=O) groups excluding carboxylic acids is 2. The third kappa shape index (κ3) is 4.15. The van der Waals surface area contributed by atoms with Gasteiger partial charge in [-0.1, -0.05) is 0 Å². The predicted molar refractivity (Wildman–Crippen MR) is 105 cm³/mol. The predicted octanol–water partition coefficient (Wildman–Crippen LogP) is 0.651. The van der Waals surface area contributed by atoms with Crippen LogP contribution in [0, 0.1) is 5.41 Å². The Labute approximate surface area is 166 Å². The molecule has 9 heteroatoms. The monoisotopic (exact) mass is 409 g/mol. The summed E-state index contributed by atoms with van der Waals surface area (Å²) in [4.78, 5) is 28.9. The summed E-state index contributed by atoms with van der Waals surface area (Å²) >= 11 is 0. The van der Waals surface area contributed by atoms with E-state index in [9.17, 15) is 18.0 Å². The van der Waals surface area contributed by atoms with Crippen LogP contribution in [0.4, 0.5) is 0 Å². The molecule has 2 aliphatic rings. The van der Waals surface area contributed by atoms with Crippen LogP contribution in [-0.2, 0) is 14.8 Å². The maximum absolute atomic E-state index is 13.1. The molecule has 8 nitrogen and oxygen atoms in total. The topological polar surface area (TPSA) is 87.2 Å². The van der Waals surface area contributed by atoms with Gasteiger partial charge in [0.25, 0.3) is 5.91 Å². The Morgan fingerprint density at radius 3 is 2.36 bits per heavy atom. The van der Waals surface area contributed by atoms with Crippen LogP contribution in [0.25, 0.3) is 0 Å². The fourth-order valence-electron chi connectivity index (χ4n) is 4.07. The average Bonchev–Trinajstić information content (AvgIpc) is 2.84. The van der Waals surface area contributed by atoms with Crippen molar-refractivity contribution in [1.29, 1.82) is 0 Å². The zero-order valence-corrected chi connectivity index (χ0v) is 17.4. The van der Waals surface area contributed by atoms with Crippen LogP contribution in [-0.4, -0.2) is 87.0 Å². The molecule has 1 atom stereocenters. The summed E-state index contributed by atoms with van der Waals surface area (Å²) < 4.78 is 31.0. The first-order valence-electron chi connectivity index (χ1n) is 9.34. The van der Waals surface area contributed by atoms with Gasteiger partial charge < -0.3 is 14.5 Å². The highest BCUT2D eigenvalue weighted by molar-refractivity contribution is 7.88. The number of sulfonamides is 1. The first kappa shape index (κ1) is 20.6. The highest BCUT2D eigenvalue weighted by Gasteiger charge is 2.48. The Morgan fingerprint density at radius 1 is 1.14 bits per heavy atom. The number of amides is 2. The van der Waals surface area contributed by atoms with E-state index >= 15 is 0 Å². The average molecular weight is 410 g/mol. The molecular formula is C19H27N3O5S. The van der Waals surface area contributed by atoms with Gasteiger partial charge in [-0.15, -0.1) is 0 Å². The van der Waals surface area contributed by atoms with Gasteiger partial charge >= 0.3 is 0 Å². The maximum Gasteiger partial charge on any atom is 0.253 e. The Morgan fingerprint density at radius 2 is 1.82 bits per heavy atom. The molecule has 0 bridgehead atoms. The van der Waals surface area contributed by atoms with Gasteiger partial charge in [0, 0.05) is 56.7 Å². The molecular weight excluding hydrogens is 382 g/mol. The van der Waals surface area contributed by atoms with Gasteiger partial charge in [0.05, 0.1) is 13.4 Å². The van der Waals surface area contributed by atoms with Crippen LogP contribution >= 0.6 is 0 Å². The summed E-state index contributed by atoms with van der Waals surface area (Å²) in [6, 6.07) is 6.85. The number of methoxy groups -OCH3 is 1. The molecule has 0 N–H and O–H groups in total. The molecule has 0 radical (unpaired) electrons. The molecule has 2 amide bonds. The molecule has 28 heavy (non-hydrogen) atoms. The van der Waals surface area contributed by atoms with Crippen molar-refractivity contribution in [3.63, 3.8) is 0 Å². The molecule has 2 heterocycles. The van der Waals surface area contributed by atoms with Gasteiger partial charge in [0.15, 0.2) is 0 Å². The van der Waals surface area contributed by atoms with E-state index in [2.05, 4.69) is 0 Å². The smallest absolute Gasteiger partial charge is 0.253 e. The number of ether oxygens (including phenoxy) is 1. The van der Waals surface area contributed by atoms with Crippen LogP contribution in [0.2, 0.25) is 0 Å². The lowest BCUT2D eigenvalue weighted by Gasteiger charge is -2.33. The molecule has 0 aromatic heterocycles. The molecule has 1 aromatic rings. The van der Waals surface area contributed by atoms with Gasteiger partial charge in [0.2, 0.25) is 15.9 Å². The molecule has 2 fully saturated rings. The Hall–Kier alpha value is -2.13. The number of benzene rings is 1. The van der Waals surface area contributed by atoms with Crippen molar-refractivity contribution in [3.8, 4) is 5.75 Å². The van der Waals surface area contributed by atoms with Gasteiger partial charge in [0.1, 0.15) is 5.75 Å². The van der Waals surface area contributed by atoms with E-state index in [4.69, 9.17) is 4.74 Å². The molecule has 1 unspecified atom stereocenters. The largest absolute Gasteiger partial charge is 0.497 e. The summed E-state index contributed by atoms with van der Waals surface area (Å²) in [5.41, 5.74) is -0.0742. The minimum absolute atomic E-state index is 0.00898. The molecule has 2 saturated heterocycles. The highest BCUT2D eigenvalue weighted by Crippen LogP contribution is 2.36. The fourth-order valence-corrected chi connectivity index (χ4v) is 5.00. The van der Waals surface area contributed by atoms with E-state index in [1.165, 1.54) is 10.6 Å². The summed E-state index contributed by atoms with van der Waals surface area (Å²) in [6.45, 7) is 4.06. The van der Waals surface area contributed by atoms with E-state index in [1.807, 2.05) is 6.92 Å². The highest BCUT2D eigenvalue weighted by atomic mass is 32.2. The van der Waals surface area contributed by atoms with Crippen molar-refractivity contribution < 1.29 is 22.7 Å². The minimum Gasteiger partial charge on any atom is -0.497 e. The molecule has 1 spiro atoms. The SMILES string of the molecule is CCN1CC2(CC1=O)CN(C(=O)c1ccc(OC)cc1)CCN(S(C)(=O)=O)C2. The number of carbonyl (C=O) groups is 2. The van der Waals surface area contributed by atoms with Crippen molar-refractivity contribution >= 4 is 21.8 Å². The van der Waals surface area contributed by atoms with E-state index < -0.39 is 15.4 Å². The van der Waals surface area contributed by atoms with Crippen molar-refractivity contribution in [2.75, 3.05) is 52.6 Å². The van der Waals surface area contributed by atoms with Crippen LogP contribution in [0.5, 0.6) is 5.75 Å². The Bertz CT molecular complexity index is 855. The third-order valence-corrected chi connectivity index (χ3v) is 6.79. The van der Waals surface area contributed by atoms with Crippen LogP contribution in [0.3, 0.4) is 0 Å². The second kappa shape index (κ2) is 7.71. The van der Waals surface area contributed by atoms with E-state index in [0.717, 1.165) is 0 Å². The van der Waals surface area contributed by atoms with E-state index in [0.29, 0.717) is 37.5 Å². The molecule has 154 valence electrons. The quantitative estimate of drug-likeness (QED) is 0.729. The zero-order valence-electron chi connectivity index (χ0n) is 16.6. The third-order valence-electron chi connectivity index (χ3n) is 5.54. The van der Waals surface area contributed by atoms with Crippen molar-refractivity contribution in [1.82, 2.24) is 14.1 Å². The number of hydrogen-bond donors (Lipinski definition) is 0. The Kier molecular flexibility index (Phi) is 5.67. The van der Waals surface area contributed by atoms with E-state index in [-0.39, 0.29) is 31.3 Å². The van der Waals surface area contributed by atoms with Crippen LogP contribution in [0.1, 0.15) is 23.7 Å². The summed E-state index contributed by atoms with van der Waals surface area (Å²) in [6.07, 6.45) is 1.43. The second-order valence-electron chi connectivity index (χ2n) is 7.64. The van der Waals surface area contributed by atoms with Crippen molar-refractivity contribution in [2.45, 2.75) is 13.3 Å². The van der Waals surface area contributed by atoms with Crippen LogP contribution < -0.4 is 4.74 Å². The maximum atomic E-state index is 13.1. The fraction of sp³-hybridized carbons (Fsp3) is 0.579. The lowest BCUT2D eigenvalue weighted by molar-refractivity contribution is -0.127. The molecule has 0 aliphatic carbocycles. The zero-order chi connectivity index (χ0) is 20.5. The molecule has 0 saturated carbocycles. The van der Waals surface area contributed by atoms with Crippen LogP contribution in [0.15, 0.2) is 24.3 Å². The molecule has 1 aromatic carbocycles. The van der Waals surface area contributed by atoms with Gasteiger partial charge in [-0.3, -0.25) is 9.59 Å².